The van der Waals surface area contributed by atoms with Crippen LogP contribution in [0.2, 0.25) is 0 Å². The summed E-state index contributed by atoms with van der Waals surface area (Å²) < 4.78 is 84.0. The molecule has 0 saturated heterocycles. The van der Waals surface area contributed by atoms with Gasteiger partial charge < -0.3 is 85.1 Å². The molecule has 2 aliphatic rings. The van der Waals surface area contributed by atoms with Crippen LogP contribution >= 0.6 is 22.7 Å². The average Bonchev–Trinajstić information content (AvgIpc) is 0.955. The Morgan fingerprint density at radius 1 is 0.488 bits per heavy atom. The Labute approximate surface area is 748 Å². The molecular weight excluding hydrogens is 1630 g/mol. The number of ether oxygens (including phenoxy) is 9. The van der Waals surface area contributed by atoms with E-state index in [0.717, 1.165) is 46.2 Å². The van der Waals surface area contributed by atoms with Gasteiger partial charge in [-0.05, 0) is 194 Å². The standard InChI is InChI=1S/C48H55FN4O8S.C47H53FN4O8S.Li.H2O/c1-31(2)26-33-6-8-34(9-7-33)32(3)45(55)50-18-20-58-21-22-59-23-24-60-42-27-37-16-17-52-48(4,30-44(54)53-47-51-19-25-62-47)40(37)29-43(42)61-38-14-15-39(41(49)28-38)35-10-12-36(13-11-35)46(56)57-5;1-30(2)25-32-5-7-33(8-6-32)31(3)44(54)49-17-19-57-20-21-58-22-23-59-41-26-36-15-16-51-47(4,29-43(53)52-46-50-18-24-61-46)39(36)28-42(41)60-37-13-14-38(40(48)27-37)34-9-11-35(12-10-34)45(55)56;;/h6-15,19,25,27-29,31-32,52H,16-18,20-24,26,30H2,1-5H3,(H,50,55)(H,51,53,54);5-14,18,24,26-28,30-31,51H,15-17,19-23,25,29H2,1-4H3,(H,49,54)(H,55,56)(H,50,52,53);;1H2/q;;+1;/p-1/t32-,48+;31-,47+;;/m00../s1. The molecule has 2 aliphatic heterocycles. The molecule has 8 N–H and O–H groups in total. The Morgan fingerprint density at radius 3 is 1.23 bits per heavy atom. The van der Waals surface area contributed by atoms with E-state index in [4.69, 9.17) is 42.6 Å². The van der Waals surface area contributed by atoms with Crippen molar-refractivity contribution in [3.05, 3.63) is 248 Å². The van der Waals surface area contributed by atoms with Gasteiger partial charge in [0.2, 0.25) is 23.6 Å². The van der Waals surface area contributed by atoms with Crippen molar-refractivity contribution in [2.75, 3.05) is 110 Å². The molecule has 0 saturated carbocycles. The van der Waals surface area contributed by atoms with E-state index in [1.807, 2.05) is 76.2 Å². The van der Waals surface area contributed by atoms with Crippen LogP contribution in [-0.4, -0.2) is 155 Å². The number of benzene rings is 8. The topological polar surface area (TPSA) is 334 Å². The molecule has 4 heterocycles. The molecule has 10 aromatic rings. The van der Waals surface area contributed by atoms with Gasteiger partial charge in [-0.3, -0.25) is 19.2 Å². The quantitative estimate of drug-likeness (QED) is 0.0106. The van der Waals surface area contributed by atoms with Gasteiger partial charge in [0.1, 0.15) is 36.3 Å². The normalized spacial score (nSPS) is 14.9. The van der Waals surface area contributed by atoms with E-state index in [-0.39, 0.29) is 122 Å². The van der Waals surface area contributed by atoms with Gasteiger partial charge in [-0.15, -0.1) is 22.7 Å². The van der Waals surface area contributed by atoms with Crippen molar-refractivity contribution in [1.82, 2.24) is 31.2 Å². The number of halogens is 2. The van der Waals surface area contributed by atoms with Crippen molar-refractivity contribution in [1.29, 1.82) is 0 Å². The monoisotopic (exact) mass is 1740 g/mol. The third kappa shape index (κ3) is 28.6. The number of fused-ring (bicyclic) bond motifs is 2. The van der Waals surface area contributed by atoms with Crippen molar-refractivity contribution in [3.63, 3.8) is 0 Å². The van der Waals surface area contributed by atoms with Gasteiger partial charge >= 0.3 is 30.8 Å². The van der Waals surface area contributed by atoms with Crippen LogP contribution < -0.4 is 69.7 Å². The molecule has 8 aromatic carbocycles. The average molecular weight is 1740 g/mol. The number of anilines is 2. The number of nitrogens with zero attached hydrogens (tertiary/aromatic N) is 2. The van der Waals surface area contributed by atoms with Gasteiger partial charge in [0.05, 0.1) is 82.9 Å². The fourth-order valence-electron chi connectivity index (χ4n) is 14.6. The summed E-state index contributed by atoms with van der Waals surface area (Å²) in [5, 5.41) is 32.5. The smallest absolute Gasteiger partial charge is 0.870 e. The van der Waals surface area contributed by atoms with Crippen molar-refractivity contribution >= 4 is 68.5 Å². The summed E-state index contributed by atoms with van der Waals surface area (Å²) in [6, 6.07) is 45.5. The maximum atomic E-state index is 15.6. The van der Waals surface area contributed by atoms with Crippen molar-refractivity contribution < 1.29 is 110 Å². The first-order valence-electron chi connectivity index (χ1n) is 41.3. The Hall–Kier alpha value is -10.8. The molecule has 4 amide bonds. The summed E-state index contributed by atoms with van der Waals surface area (Å²) in [5.74, 6) is -0.479. The first kappa shape index (κ1) is 98.0. The molecular formula is C95H109F2LiN8O17S2. The molecule has 0 unspecified atom stereocenters. The fraction of sp³-hybridized carbons (Fsp3) is 0.368. The summed E-state index contributed by atoms with van der Waals surface area (Å²) in [7, 11) is 1.31. The second-order valence-electron chi connectivity index (χ2n) is 31.3. The van der Waals surface area contributed by atoms with E-state index in [9.17, 15) is 33.9 Å². The minimum absolute atomic E-state index is 0. The van der Waals surface area contributed by atoms with E-state index < -0.39 is 34.7 Å². The van der Waals surface area contributed by atoms with Crippen LogP contribution in [0.5, 0.6) is 34.5 Å². The maximum Gasteiger partial charge on any atom is 1.00 e. The number of methoxy groups -OCH3 is 1. The minimum Gasteiger partial charge on any atom is -0.870 e. The van der Waals surface area contributed by atoms with Crippen LogP contribution in [0.15, 0.2) is 181 Å². The maximum absolute atomic E-state index is 15.6. The van der Waals surface area contributed by atoms with Gasteiger partial charge in [0.15, 0.2) is 33.3 Å². The van der Waals surface area contributed by atoms with Crippen molar-refractivity contribution in [2.24, 2.45) is 11.8 Å². The molecule has 0 radical (unpaired) electrons. The molecule has 30 heteroatoms. The number of thiazole rings is 2. The number of carbonyl (C=O) groups excluding carboxylic acids is 5. The van der Waals surface area contributed by atoms with Gasteiger partial charge in [0, 0.05) is 96.5 Å². The largest absolute Gasteiger partial charge is 1.00 e. The van der Waals surface area contributed by atoms with E-state index in [2.05, 4.69) is 93.8 Å². The molecule has 658 valence electrons. The SMILES string of the molecule is CC(C)Cc1ccc([C@H](C)C(=O)NCCOCCOCCOc2cc3c(cc2Oc2ccc(-c4ccc(C(=O)O)cc4)c(F)c2)[C@@](C)(CC(=O)Nc2nccs2)NCC3)cc1.COC(=O)c1ccc(-c2ccc(Oc3cc4c(cc3OCCOCCOCCNC(=O)[C@@H](C)c3ccc(CC(C)C)cc3)CCN[C@]4(C)CC(=O)Nc3nccs3)cc2F)cc1.[Li+].[OH-]. The number of nitrogens with one attached hydrogen (secondary N) is 6. The van der Waals surface area contributed by atoms with Crippen LogP contribution in [0.3, 0.4) is 0 Å². The number of aromatic carboxylic acids is 1. The summed E-state index contributed by atoms with van der Waals surface area (Å²) in [6.45, 7) is 21.4. The summed E-state index contributed by atoms with van der Waals surface area (Å²) in [5.41, 5.74) is 8.84. The Balaban J connectivity index is 0.000000279. The third-order valence-electron chi connectivity index (χ3n) is 21.0. The first-order valence-corrected chi connectivity index (χ1v) is 43.1. The second-order valence-corrected chi connectivity index (χ2v) is 33.1. The molecule has 0 spiro atoms. The zero-order valence-electron chi connectivity index (χ0n) is 72.3. The number of carboxylic acid groups (broad SMARTS) is 1. The number of carbonyl (C=O) groups is 6. The van der Waals surface area contributed by atoms with Gasteiger partial charge in [-0.2, -0.15) is 0 Å². The zero-order chi connectivity index (χ0) is 87.4. The predicted octanol–water partition coefficient (Wildman–Crippen LogP) is 13.6. The van der Waals surface area contributed by atoms with Gasteiger partial charge in [-0.1, -0.05) is 100 Å². The summed E-state index contributed by atoms with van der Waals surface area (Å²) in [6.07, 6.45) is 6.90. The first-order chi connectivity index (χ1) is 59.3. The molecule has 0 aliphatic carbocycles. The van der Waals surface area contributed by atoms with Crippen molar-refractivity contribution in [2.45, 2.75) is 117 Å². The molecule has 0 bridgehead atoms. The van der Waals surface area contributed by atoms with Crippen LogP contribution in [0.4, 0.5) is 19.0 Å². The Kier molecular flexibility index (Phi) is 37.7. The van der Waals surface area contributed by atoms with Crippen LogP contribution in [0, 0.1) is 23.5 Å². The summed E-state index contributed by atoms with van der Waals surface area (Å²) >= 11 is 2.68. The number of aromatic nitrogens is 2. The number of hydrogen-bond donors (Lipinski definition) is 7. The van der Waals surface area contributed by atoms with E-state index in [0.29, 0.717) is 146 Å². The van der Waals surface area contributed by atoms with E-state index in [1.54, 1.807) is 83.8 Å². The molecule has 12 rings (SSSR count). The second kappa shape index (κ2) is 48.1. The number of carboxylic acids is 1. The van der Waals surface area contributed by atoms with Crippen LogP contribution in [0.1, 0.15) is 145 Å². The minimum atomic E-state index is -1.07. The van der Waals surface area contributed by atoms with Gasteiger partial charge in [-0.25, -0.2) is 28.3 Å². The molecule has 2 aromatic heterocycles. The van der Waals surface area contributed by atoms with Gasteiger partial charge in [0.25, 0.3) is 0 Å². The van der Waals surface area contributed by atoms with E-state index >= 15 is 8.78 Å². The van der Waals surface area contributed by atoms with Crippen LogP contribution in [-0.2, 0) is 79.6 Å². The zero-order valence-corrected chi connectivity index (χ0v) is 73.9. The number of amides is 4. The Morgan fingerprint density at radius 2 is 0.872 bits per heavy atom. The molecule has 4 atom stereocenters. The Bertz CT molecular complexity index is 5170. The van der Waals surface area contributed by atoms with E-state index in [1.165, 1.54) is 65.2 Å². The molecule has 25 nitrogen and oxygen atoms in total. The number of esters is 1. The number of rotatable bonds is 42. The molecule has 0 fully saturated rings. The summed E-state index contributed by atoms with van der Waals surface area (Å²) in [4.78, 5) is 83.3. The predicted molar refractivity (Wildman–Crippen MR) is 473 cm³/mol. The van der Waals surface area contributed by atoms with Crippen molar-refractivity contribution in [3.8, 4) is 56.8 Å². The third-order valence-corrected chi connectivity index (χ3v) is 22.3. The fourth-order valence-corrected chi connectivity index (χ4v) is 15.6. The molecule has 125 heavy (non-hydrogen) atoms. The number of hydrogen-bond acceptors (Lipinski definition) is 22. The van der Waals surface area contributed by atoms with Crippen LogP contribution in [0.25, 0.3) is 22.3 Å².